The summed E-state index contributed by atoms with van der Waals surface area (Å²) in [5.41, 5.74) is 4.54. The number of nitrogens with one attached hydrogen (secondary N) is 1. The molecule has 1 aliphatic carbocycles. The maximum absolute atomic E-state index is 12.9. The smallest absolute Gasteiger partial charge is 0.407 e. The van der Waals surface area contributed by atoms with Crippen molar-refractivity contribution in [2.45, 2.75) is 25.8 Å². The van der Waals surface area contributed by atoms with Crippen molar-refractivity contribution >= 4 is 18.0 Å². The Bertz CT molecular complexity index is 993. The largest absolute Gasteiger partial charge is 0.480 e. The molecule has 0 saturated carbocycles. The van der Waals surface area contributed by atoms with Crippen molar-refractivity contribution in [3.8, 4) is 11.1 Å². The second kappa shape index (κ2) is 11.2. The summed E-state index contributed by atoms with van der Waals surface area (Å²) < 4.78 is 5.57. The number of nitrogens with zero attached hydrogens (tertiary/aromatic N) is 2. The van der Waals surface area contributed by atoms with E-state index in [1.807, 2.05) is 43.3 Å². The van der Waals surface area contributed by atoms with Gasteiger partial charge in [-0.1, -0.05) is 55.5 Å². The lowest BCUT2D eigenvalue weighted by molar-refractivity contribution is -0.146. The zero-order valence-electron chi connectivity index (χ0n) is 20.2. The van der Waals surface area contributed by atoms with Crippen molar-refractivity contribution in [2.75, 3.05) is 40.3 Å². The number of ether oxygens (including phenoxy) is 1. The molecule has 8 nitrogen and oxygen atoms in total. The average molecular weight is 468 g/mol. The molecule has 0 aromatic heterocycles. The van der Waals surface area contributed by atoms with Gasteiger partial charge in [-0.15, -0.1) is 0 Å². The van der Waals surface area contributed by atoms with Gasteiger partial charge >= 0.3 is 12.1 Å². The lowest BCUT2D eigenvalue weighted by Crippen LogP contribution is -2.48. The van der Waals surface area contributed by atoms with E-state index in [1.54, 1.807) is 13.8 Å². The van der Waals surface area contributed by atoms with Crippen LogP contribution in [0.1, 0.15) is 30.9 Å². The number of carboxylic acid groups (broad SMARTS) is 1. The van der Waals surface area contributed by atoms with Gasteiger partial charge in [-0.2, -0.15) is 0 Å². The lowest BCUT2D eigenvalue weighted by Gasteiger charge is -2.28. The first-order valence-corrected chi connectivity index (χ1v) is 11.5. The first-order chi connectivity index (χ1) is 16.2. The maximum Gasteiger partial charge on any atom is 0.407 e. The number of carbonyl (C=O) groups excluding carboxylic acids is 2. The molecular formula is C26H33N3O5. The molecular weight excluding hydrogens is 434 g/mol. The Morgan fingerprint density at radius 3 is 2.06 bits per heavy atom. The zero-order chi connectivity index (χ0) is 24.8. The molecule has 8 heteroatoms. The van der Waals surface area contributed by atoms with Gasteiger partial charge in [0.2, 0.25) is 5.91 Å². The number of hydrogen-bond acceptors (Lipinski definition) is 5. The fourth-order valence-electron chi connectivity index (χ4n) is 4.20. The van der Waals surface area contributed by atoms with Gasteiger partial charge in [0, 0.05) is 25.0 Å². The van der Waals surface area contributed by atoms with Crippen LogP contribution in [0.4, 0.5) is 4.79 Å². The molecule has 2 unspecified atom stereocenters. The highest BCUT2D eigenvalue weighted by Gasteiger charge is 2.31. The van der Waals surface area contributed by atoms with Crippen molar-refractivity contribution in [2.24, 2.45) is 5.92 Å². The first kappa shape index (κ1) is 25.2. The van der Waals surface area contributed by atoms with Crippen LogP contribution in [0.2, 0.25) is 0 Å². The monoisotopic (exact) mass is 467 g/mol. The Kier molecular flexibility index (Phi) is 8.28. The number of carbonyl (C=O) groups is 3. The molecule has 3 rings (SSSR count). The Hall–Kier alpha value is -3.39. The SMILES string of the molecule is CC(NC(=O)OCC1c2ccccc2-c2ccccc21)C(C)C(=O)N(CCN(C)C)CC(=O)O. The molecule has 2 aromatic rings. The van der Waals surface area contributed by atoms with Crippen LogP contribution in [0, 0.1) is 5.92 Å². The third kappa shape index (κ3) is 5.94. The number of likely N-dealkylation sites (N-methyl/N-ethyl adjacent to an activating group) is 1. The molecule has 0 spiro atoms. The third-order valence-corrected chi connectivity index (χ3v) is 6.28. The minimum atomic E-state index is -1.07. The molecule has 0 bridgehead atoms. The van der Waals surface area contributed by atoms with Crippen LogP contribution >= 0.6 is 0 Å². The second-order valence-electron chi connectivity index (χ2n) is 9.00. The predicted octanol–water partition coefficient (Wildman–Crippen LogP) is 3.02. The van der Waals surface area contributed by atoms with E-state index in [2.05, 4.69) is 29.6 Å². The van der Waals surface area contributed by atoms with Gasteiger partial charge in [-0.05, 0) is 43.3 Å². The van der Waals surface area contributed by atoms with E-state index in [0.717, 1.165) is 22.3 Å². The molecule has 0 saturated heterocycles. The quantitative estimate of drug-likeness (QED) is 0.557. The molecule has 0 aliphatic heterocycles. The molecule has 0 fully saturated rings. The highest BCUT2D eigenvalue weighted by Crippen LogP contribution is 2.44. The average Bonchev–Trinajstić information content (AvgIpc) is 3.12. The summed E-state index contributed by atoms with van der Waals surface area (Å²) in [6.07, 6.45) is -0.605. The van der Waals surface area contributed by atoms with E-state index in [1.165, 1.54) is 4.90 Å². The van der Waals surface area contributed by atoms with E-state index < -0.39 is 24.0 Å². The van der Waals surface area contributed by atoms with E-state index in [0.29, 0.717) is 13.1 Å². The second-order valence-corrected chi connectivity index (χ2v) is 9.00. The van der Waals surface area contributed by atoms with E-state index in [4.69, 9.17) is 4.74 Å². The van der Waals surface area contributed by atoms with Crippen LogP contribution in [0.5, 0.6) is 0 Å². The molecule has 2 N–H and O–H groups in total. The highest BCUT2D eigenvalue weighted by molar-refractivity contribution is 5.84. The molecule has 182 valence electrons. The van der Waals surface area contributed by atoms with Crippen LogP contribution in [-0.4, -0.2) is 79.3 Å². The van der Waals surface area contributed by atoms with Crippen molar-refractivity contribution in [1.82, 2.24) is 15.1 Å². The van der Waals surface area contributed by atoms with E-state index in [-0.39, 0.29) is 25.0 Å². The molecule has 2 aromatic carbocycles. The summed E-state index contributed by atoms with van der Waals surface area (Å²) in [5.74, 6) is -2.06. The van der Waals surface area contributed by atoms with Crippen molar-refractivity contribution in [3.63, 3.8) is 0 Å². The number of aliphatic carboxylic acids is 1. The molecule has 34 heavy (non-hydrogen) atoms. The Morgan fingerprint density at radius 2 is 1.53 bits per heavy atom. The topological polar surface area (TPSA) is 99.2 Å². The van der Waals surface area contributed by atoms with Crippen LogP contribution in [0.3, 0.4) is 0 Å². The number of carboxylic acids is 1. The Labute approximate surface area is 200 Å². The van der Waals surface area contributed by atoms with Gasteiger partial charge in [0.05, 0.1) is 5.92 Å². The van der Waals surface area contributed by atoms with Crippen molar-refractivity contribution in [1.29, 1.82) is 0 Å². The van der Waals surface area contributed by atoms with Crippen molar-refractivity contribution in [3.05, 3.63) is 59.7 Å². The summed E-state index contributed by atoms with van der Waals surface area (Å²) in [6.45, 7) is 4.04. The van der Waals surface area contributed by atoms with E-state index in [9.17, 15) is 19.5 Å². The third-order valence-electron chi connectivity index (χ3n) is 6.28. The van der Waals surface area contributed by atoms with Gasteiger partial charge in [0.15, 0.2) is 0 Å². The maximum atomic E-state index is 12.9. The normalized spacial score (nSPS) is 14.1. The number of benzene rings is 2. The van der Waals surface area contributed by atoms with Gasteiger partial charge in [0.25, 0.3) is 0 Å². The Balaban J connectivity index is 1.59. The van der Waals surface area contributed by atoms with Crippen molar-refractivity contribution < 1.29 is 24.2 Å². The summed E-state index contributed by atoms with van der Waals surface area (Å²) >= 11 is 0. The van der Waals surface area contributed by atoms with Crippen LogP contribution in [-0.2, 0) is 14.3 Å². The first-order valence-electron chi connectivity index (χ1n) is 11.5. The van der Waals surface area contributed by atoms with Gasteiger partial charge in [-0.3, -0.25) is 9.59 Å². The van der Waals surface area contributed by atoms with Crippen LogP contribution in [0.15, 0.2) is 48.5 Å². The molecule has 0 heterocycles. The van der Waals surface area contributed by atoms with E-state index >= 15 is 0 Å². The Morgan fingerprint density at radius 1 is 0.971 bits per heavy atom. The molecule has 2 amide bonds. The number of fused-ring (bicyclic) bond motifs is 3. The van der Waals surface area contributed by atoms with Gasteiger partial charge in [0.1, 0.15) is 13.2 Å². The number of amides is 2. The summed E-state index contributed by atoms with van der Waals surface area (Å²) in [5, 5.41) is 11.9. The van der Waals surface area contributed by atoms with Crippen LogP contribution < -0.4 is 5.32 Å². The standard InChI is InChI=1S/C26H33N3O5/c1-17(25(32)29(15-24(30)31)14-13-28(3)4)18(2)27-26(33)34-16-23-21-11-7-5-9-19(21)20-10-6-8-12-22(20)23/h5-12,17-18,23H,13-16H2,1-4H3,(H,27,33)(H,30,31). The molecule has 1 aliphatic rings. The lowest BCUT2D eigenvalue weighted by atomic mass is 9.98. The minimum absolute atomic E-state index is 0.0513. The fourth-order valence-corrected chi connectivity index (χ4v) is 4.20. The van der Waals surface area contributed by atoms with Gasteiger partial charge < -0.3 is 25.0 Å². The number of rotatable bonds is 10. The highest BCUT2D eigenvalue weighted by atomic mass is 16.5. The minimum Gasteiger partial charge on any atom is -0.480 e. The number of alkyl carbamates (subject to hydrolysis) is 1. The van der Waals surface area contributed by atoms with Crippen LogP contribution in [0.25, 0.3) is 11.1 Å². The molecule has 2 atom stereocenters. The van der Waals surface area contributed by atoms with Gasteiger partial charge in [-0.25, -0.2) is 4.79 Å². The zero-order valence-corrected chi connectivity index (χ0v) is 20.2. The summed E-state index contributed by atoms with van der Waals surface area (Å²) in [7, 11) is 3.71. The number of hydrogen-bond donors (Lipinski definition) is 2. The summed E-state index contributed by atoms with van der Waals surface area (Å²) in [4.78, 5) is 39.9. The summed E-state index contributed by atoms with van der Waals surface area (Å²) in [6, 6.07) is 15.7. The fraction of sp³-hybridized carbons (Fsp3) is 0.423. The molecule has 0 radical (unpaired) electrons. The predicted molar refractivity (Wildman–Crippen MR) is 130 cm³/mol.